The number of aliphatic hydroxyl groups excluding tert-OH is 1. The van der Waals surface area contributed by atoms with Gasteiger partial charge in [0.1, 0.15) is 11.9 Å². The maximum absolute atomic E-state index is 10.2. The third kappa shape index (κ3) is 4.80. The van der Waals surface area contributed by atoms with Crippen molar-refractivity contribution in [3.05, 3.63) is 24.2 Å². The molecule has 1 aliphatic heterocycles. The van der Waals surface area contributed by atoms with E-state index in [9.17, 15) is 5.11 Å². The Kier molecular flexibility index (Phi) is 6.11. The molecule has 1 aromatic heterocycles. The fourth-order valence-electron chi connectivity index (χ4n) is 3.98. The predicted molar refractivity (Wildman–Crippen MR) is 89.3 cm³/mol. The molecular formula is C18H30N2O3. The smallest absolute Gasteiger partial charge is 0.133 e. The first-order valence-corrected chi connectivity index (χ1v) is 9.00. The lowest BCUT2D eigenvalue weighted by Gasteiger charge is -2.42. The van der Waals surface area contributed by atoms with Crippen molar-refractivity contribution in [2.75, 3.05) is 45.9 Å². The molecule has 3 rings (SSSR count). The molecule has 5 nitrogen and oxygen atoms in total. The van der Waals surface area contributed by atoms with Crippen molar-refractivity contribution < 1.29 is 14.3 Å². The van der Waals surface area contributed by atoms with E-state index in [4.69, 9.17) is 9.15 Å². The van der Waals surface area contributed by atoms with E-state index in [-0.39, 0.29) is 0 Å². The summed E-state index contributed by atoms with van der Waals surface area (Å²) in [6.07, 6.45) is 7.63. The molecule has 2 fully saturated rings. The maximum Gasteiger partial charge on any atom is 0.133 e. The van der Waals surface area contributed by atoms with Crippen LogP contribution in [0.25, 0.3) is 0 Å². The van der Waals surface area contributed by atoms with E-state index in [1.807, 2.05) is 12.1 Å². The van der Waals surface area contributed by atoms with Crippen molar-refractivity contribution in [1.82, 2.24) is 10.2 Å². The number of hydrogen-bond acceptors (Lipinski definition) is 5. The zero-order chi connectivity index (χ0) is 16.0. The first-order valence-electron chi connectivity index (χ1n) is 9.00. The quantitative estimate of drug-likeness (QED) is 0.806. The average Bonchev–Trinajstić information content (AvgIpc) is 3.11. The molecule has 1 atom stereocenters. The van der Waals surface area contributed by atoms with Crippen LogP contribution >= 0.6 is 0 Å². The second-order valence-corrected chi connectivity index (χ2v) is 7.11. The molecule has 1 unspecified atom stereocenters. The first kappa shape index (κ1) is 17.0. The summed E-state index contributed by atoms with van der Waals surface area (Å²) in [5, 5.41) is 13.7. The van der Waals surface area contributed by atoms with Crippen LogP contribution in [0.4, 0.5) is 0 Å². The fourth-order valence-corrected chi connectivity index (χ4v) is 3.98. The lowest BCUT2D eigenvalue weighted by atomic mass is 9.73. The van der Waals surface area contributed by atoms with Gasteiger partial charge in [-0.1, -0.05) is 19.3 Å². The summed E-state index contributed by atoms with van der Waals surface area (Å²) in [6, 6.07) is 3.65. The Morgan fingerprint density at radius 2 is 2.00 bits per heavy atom. The Labute approximate surface area is 139 Å². The highest BCUT2D eigenvalue weighted by atomic mass is 16.5. The van der Waals surface area contributed by atoms with Gasteiger partial charge in [-0.15, -0.1) is 0 Å². The number of nitrogens with one attached hydrogen (secondary N) is 1. The molecular weight excluding hydrogens is 292 g/mol. The number of rotatable bonds is 7. The van der Waals surface area contributed by atoms with Crippen molar-refractivity contribution >= 4 is 0 Å². The number of morpholine rings is 1. The van der Waals surface area contributed by atoms with E-state index >= 15 is 0 Å². The number of aliphatic hydroxyl groups is 1. The third-order valence-corrected chi connectivity index (χ3v) is 5.29. The lowest BCUT2D eigenvalue weighted by Crippen LogP contribution is -2.49. The van der Waals surface area contributed by atoms with Crippen molar-refractivity contribution in [2.24, 2.45) is 5.41 Å². The second-order valence-electron chi connectivity index (χ2n) is 7.11. The monoisotopic (exact) mass is 322 g/mol. The van der Waals surface area contributed by atoms with Crippen LogP contribution in [0.3, 0.4) is 0 Å². The van der Waals surface area contributed by atoms with Gasteiger partial charge in [0.05, 0.1) is 19.5 Å². The molecule has 0 aromatic carbocycles. The zero-order valence-electron chi connectivity index (χ0n) is 14.0. The van der Waals surface area contributed by atoms with Gasteiger partial charge in [-0.05, 0) is 30.4 Å². The normalized spacial score (nSPS) is 23.7. The molecule has 23 heavy (non-hydrogen) atoms. The topological polar surface area (TPSA) is 57.9 Å². The number of furan rings is 1. The average molecular weight is 322 g/mol. The third-order valence-electron chi connectivity index (χ3n) is 5.29. The minimum atomic E-state index is -0.561. The van der Waals surface area contributed by atoms with E-state index < -0.39 is 6.10 Å². The molecule has 0 radical (unpaired) electrons. The molecule has 0 spiro atoms. The summed E-state index contributed by atoms with van der Waals surface area (Å²) in [7, 11) is 0. The Hall–Kier alpha value is -0.880. The Morgan fingerprint density at radius 1 is 1.22 bits per heavy atom. The minimum Gasteiger partial charge on any atom is -0.467 e. The minimum absolute atomic E-state index is 0.346. The van der Waals surface area contributed by atoms with E-state index in [2.05, 4.69) is 10.2 Å². The number of ether oxygens (including phenoxy) is 1. The highest BCUT2D eigenvalue weighted by molar-refractivity contribution is 5.02. The van der Waals surface area contributed by atoms with E-state index in [1.165, 1.54) is 32.1 Å². The summed E-state index contributed by atoms with van der Waals surface area (Å²) < 4.78 is 10.7. The fraction of sp³-hybridized carbons (Fsp3) is 0.778. The molecule has 5 heteroatoms. The Morgan fingerprint density at radius 3 is 2.70 bits per heavy atom. The van der Waals surface area contributed by atoms with Crippen molar-refractivity contribution in [3.63, 3.8) is 0 Å². The lowest BCUT2D eigenvalue weighted by molar-refractivity contribution is 0.00638. The summed E-state index contributed by atoms with van der Waals surface area (Å²) in [6.45, 7) is 6.51. The largest absolute Gasteiger partial charge is 0.467 e. The molecule has 0 amide bonds. The Bertz CT molecular complexity index is 437. The molecule has 1 saturated heterocycles. The molecule has 2 aliphatic rings. The molecule has 130 valence electrons. The highest BCUT2D eigenvalue weighted by Gasteiger charge is 2.34. The molecule has 1 saturated carbocycles. The van der Waals surface area contributed by atoms with Crippen molar-refractivity contribution in [1.29, 1.82) is 0 Å². The van der Waals surface area contributed by atoms with Gasteiger partial charge >= 0.3 is 0 Å². The van der Waals surface area contributed by atoms with E-state index in [0.29, 0.717) is 17.7 Å². The summed E-state index contributed by atoms with van der Waals surface area (Å²) in [4.78, 5) is 2.56. The van der Waals surface area contributed by atoms with Crippen molar-refractivity contribution in [2.45, 2.75) is 38.2 Å². The predicted octanol–water partition coefficient (Wildman–Crippen LogP) is 2.19. The number of nitrogens with zero attached hydrogens (tertiary/aromatic N) is 1. The van der Waals surface area contributed by atoms with Crippen LogP contribution in [-0.2, 0) is 4.74 Å². The van der Waals surface area contributed by atoms with Gasteiger partial charge in [-0.3, -0.25) is 4.90 Å². The van der Waals surface area contributed by atoms with Gasteiger partial charge in [-0.2, -0.15) is 0 Å². The van der Waals surface area contributed by atoms with Gasteiger partial charge in [0.25, 0.3) is 0 Å². The zero-order valence-corrected chi connectivity index (χ0v) is 14.0. The standard InChI is InChI=1S/C18H30N2O3/c21-16(17-5-4-10-23-17)13-19-14-18(6-2-1-3-7-18)15-20-8-11-22-12-9-20/h4-5,10,16,19,21H,1-3,6-9,11-15H2. The van der Waals surface area contributed by atoms with Crippen LogP contribution < -0.4 is 5.32 Å². The first-order chi connectivity index (χ1) is 11.3. The molecule has 2 N–H and O–H groups in total. The second kappa shape index (κ2) is 8.29. The van der Waals surface area contributed by atoms with Gasteiger partial charge in [0.2, 0.25) is 0 Å². The van der Waals surface area contributed by atoms with Crippen LogP contribution in [0, 0.1) is 5.41 Å². The number of hydrogen-bond donors (Lipinski definition) is 2. The molecule has 2 heterocycles. The molecule has 0 bridgehead atoms. The molecule has 1 aromatic rings. The van der Waals surface area contributed by atoms with E-state index in [1.54, 1.807) is 6.26 Å². The molecule has 1 aliphatic carbocycles. The highest BCUT2D eigenvalue weighted by Crippen LogP contribution is 2.36. The summed E-state index contributed by atoms with van der Waals surface area (Å²) >= 11 is 0. The van der Waals surface area contributed by atoms with Gasteiger partial charge in [0.15, 0.2) is 0 Å². The summed E-state index contributed by atoms with van der Waals surface area (Å²) in [5.41, 5.74) is 0.346. The van der Waals surface area contributed by atoms with Crippen LogP contribution in [0.5, 0.6) is 0 Å². The maximum atomic E-state index is 10.2. The van der Waals surface area contributed by atoms with E-state index in [0.717, 1.165) is 39.4 Å². The van der Waals surface area contributed by atoms with Gasteiger partial charge in [0, 0.05) is 32.7 Å². The van der Waals surface area contributed by atoms with Crippen molar-refractivity contribution in [3.8, 4) is 0 Å². The summed E-state index contributed by atoms with van der Waals surface area (Å²) in [5.74, 6) is 0.642. The Balaban J connectivity index is 1.51. The van der Waals surface area contributed by atoms with Gasteiger partial charge < -0.3 is 19.6 Å². The van der Waals surface area contributed by atoms with Crippen LogP contribution in [0.15, 0.2) is 22.8 Å². The van der Waals surface area contributed by atoms with Crippen LogP contribution in [0.1, 0.15) is 44.0 Å². The van der Waals surface area contributed by atoms with Crippen LogP contribution in [0.2, 0.25) is 0 Å². The van der Waals surface area contributed by atoms with Gasteiger partial charge in [-0.25, -0.2) is 0 Å². The van der Waals surface area contributed by atoms with Crippen LogP contribution in [-0.4, -0.2) is 55.9 Å². The SMILES string of the molecule is OC(CNCC1(CN2CCOCC2)CCCCC1)c1ccco1.